The van der Waals surface area contributed by atoms with E-state index >= 15 is 0 Å². The van der Waals surface area contributed by atoms with Gasteiger partial charge in [0, 0.05) is 44.2 Å². The Morgan fingerprint density at radius 1 is 1.23 bits per heavy atom. The molecular weight excluding hydrogens is 332 g/mol. The van der Waals surface area contributed by atoms with E-state index < -0.39 is 6.04 Å². The van der Waals surface area contributed by atoms with Crippen molar-refractivity contribution in [2.24, 2.45) is 0 Å². The third-order valence-corrected chi connectivity index (χ3v) is 5.75. The minimum absolute atomic E-state index is 0.106. The van der Waals surface area contributed by atoms with E-state index in [2.05, 4.69) is 21.6 Å². The number of likely N-dealkylation sites (tertiary alicyclic amines) is 1. The summed E-state index contributed by atoms with van der Waals surface area (Å²) in [5.41, 5.74) is 2.87. The van der Waals surface area contributed by atoms with Gasteiger partial charge in [0.15, 0.2) is 0 Å². The molecule has 0 bridgehead atoms. The van der Waals surface area contributed by atoms with Gasteiger partial charge < -0.3 is 10.2 Å². The van der Waals surface area contributed by atoms with E-state index in [-0.39, 0.29) is 24.1 Å². The quantitative estimate of drug-likeness (QED) is 0.756. The summed E-state index contributed by atoms with van der Waals surface area (Å²) in [7, 11) is 1.99. The van der Waals surface area contributed by atoms with Gasteiger partial charge in [0.25, 0.3) is 5.91 Å². The first kappa shape index (κ1) is 17.2. The van der Waals surface area contributed by atoms with Gasteiger partial charge in [-0.2, -0.15) is 0 Å². The standard InChI is InChI=1S/C19H24N4O3/c1-20-13-7-8-22(10-13)9-12-3-2-4-14-15(12)11-23(19(14)26)16-5-6-17(24)21-18(16)25/h2-4,13,16,20H,5-11H2,1H3,(H,21,24,25). The molecule has 0 aliphatic carbocycles. The van der Waals surface area contributed by atoms with Crippen LogP contribution in [-0.2, 0) is 22.7 Å². The largest absolute Gasteiger partial charge is 0.322 e. The molecule has 3 aliphatic heterocycles. The number of likely N-dealkylation sites (N-methyl/N-ethyl adjacent to an activating group) is 1. The van der Waals surface area contributed by atoms with Crippen LogP contribution in [0.15, 0.2) is 18.2 Å². The predicted octanol–water partition coefficient (Wildman–Crippen LogP) is 0.241. The fourth-order valence-electron chi connectivity index (χ4n) is 4.25. The highest BCUT2D eigenvalue weighted by Crippen LogP contribution is 2.30. The maximum Gasteiger partial charge on any atom is 0.255 e. The number of imide groups is 1. The van der Waals surface area contributed by atoms with Gasteiger partial charge in [-0.05, 0) is 37.1 Å². The molecular formula is C19H24N4O3. The normalized spacial score (nSPS) is 26.3. The van der Waals surface area contributed by atoms with Crippen LogP contribution in [0.1, 0.15) is 40.7 Å². The fourth-order valence-corrected chi connectivity index (χ4v) is 4.25. The molecule has 2 unspecified atom stereocenters. The number of fused-ring (bicyclic) bond motifs is 1. The molecule has 3 amide bonds. The lowest BCUT2D eigenvalue weighted by molar-refractivity contribution is -0.136. The summed E-state index contributed by atoms with van der Waals surface area (Å²) >= 11 is 0. The SMILES string of the molecule is CNC1CCN(Cc2cccc3c2CN(C2CCC(=O)NC2=O)C3=O)C1. The third-order valence-electron chi connectivity index (χ3n) is 5.75. The topological polar surface area (TPSA) is 81.8 Å². The van der Waals surface area contributed by atoms with E-state index in [1.54, 1.807) is 4.90 Å². The lowest BCUT2D eigenvalue weighted by Gasteiger charge is -2.29. The van der Waals surface area contributed by atoms with Crippen LogP contribution in [0.25, 0.3) is 0 Å². The first-order valence-corrected chi connectivity index (χ1v) is 9.22. The van der Waals surface area contributed by atoms with Crippen LogP contribution in [0, 0.1) is 0 Å². The molecule has 0 spiro atoms. The molecule has 2 fully saturated rings. The predicted molar refractivity (Wildman–Crippen MR) is 95.2 cm³/mol. The van der Waals surface area contributed by atoms with E-state index in [1.165, 1.54) is 0 Å². The summed E-state index contributed by atoms with van der Waals surface area (Å²) in [6, 6.07) is 5.81. The van der Waals surface area contributed by atoms with Gasteiger partial charge in [-0.25, -0.2) is 0 Å². The van der Waals surface area contributed by atoms with Gasteiger partial charge in [-0.3, -0.25) is 24.6 Å². The first-order valence-electron chi connectivity index (χ1n) is 9.22. The summed E-state index contributed by atoms with van der Waals surface area (Å²) in [6.07, 6.45) is 1.81. The summed E-state index contributed by atoms with van der Waals surface area (Å²) < 4.78 is 0. The van der Waals surface area contributed by atoms with Gasteiger partial charge in [0.05, 0.1) is 0 Å². The highest BCUT2D eigenvalue weighted by atomic mass is 16.2. The molecule has 7 heteroatoms. The molecule has 3 heterocycles. The molecule has 2 atom stereocenters. The molecule has 1 aromatic carbocycles. The summed E-state index contributed by atoms with van der Waals surface area (Å²) in [5, 5.41) is 5.67. The molecule has 138 valence electrons. The van der Waals surface area contributed by atoms with Crippen molar-refractivity contribution in [3.05, 3.63) is 34.9 Å². The molecule has 0 saturated carbocycles. The molecule has 4 rings (SSSR count). The zero-order chi connectivity index (χ0) is 18.3. The zero-order valence-corrected chi connectivity index (χ0v) is 15.0. The third kappa shape index (κ3) is 3.01. The van der Waals surface area contributed by atoms with E-state index in [4.69, 9.17) is 0 Å². The van der Waals surface area contributed by atoms with Gasteiger partial charge in [0.2, 0.25) is 11.8 Å². The average Bonchev–Trinajstić information content (AvgIpc) is 3.21. The van der Waals surface area contributed by atoms with Crippen molar-refractivity contribution in [1.82, 2.24) is 20.4 Å². The number of rotatable bonds is 4. The number of piperidine rings is 1. The molecule has 3 aliphatic rings. The van der Waals surface area contributed by atoms with Crippen LogP contribution in [0.3, 0.4) is 0 Å². The highest BCUT2D eigenvalue weighted by molar-refractivity contribution is 6.05. The monoisotopic (exact) mass is 356 g/mol. The van der Waals surface area contributed by atoms with Gasteiger partial charge in [-0.15, -0.1) is 0 Å². The fraction of sp³-hybridized carbons (Fsp3) is 0.526. The molecule has 0 radical (unpaired) electrons. The van der Waals surface area contributed by atoms with E-state index in [9.17, 15) is 14.4 Å². The van der Waals surface area contributed by atoms with Crippen molar-refractivity contribution in [2.75, 3.05) is 20.1 Å². The Hall–Kier alpha value is -2.25. The van der Waals surface area contributed by atoms with Crippen LogP contribution in [0.5, 0.6) is 0 Å². The summed E-state index contributed by atoms with van der Waals surface area (Å²) in [6.45, 7) is 3.31. The van der Waals surface area contributed by atoms with Crippen molar-refractivity contribution in [1.29, 1.82) is 0 Å². The zero-order valence-electron chi connectivity index (χ0n) is 15.0. The molecule has 26 heavy (non-hydrogen) atoms. The van der Waals surface area contributed by atoms with Crippen LogP contribution in [0.2, 0.25) is 0 Å². The van der Waals surface area contributed by atoms with Crippen molar-refractivity contribution < 1.29 is 14.4 Å². The molecule has 2 saturated heterocycles. The lowest BCUT2D eigenvalue weighted by Crippen LogP contribution is -2.52. The summed E-state index contributed by atoms with van der Waals surface area (Å²) in [4.78, 5) is 40.4. The Morgan fingerprint density at radius 2 is 2.08 bits per heavy atom. The smallest absolute Gasteiger partial charge is 0.255 e. The van der Waals surface area contributed by atoms with Gasteiger partial charge >= 0.3 is 0 Å². The minimum atomic E-state index is -0.555. The average molecular weight is 356 g/mol. The number of nitrogens with zero attached hydrogens (tertiary/aromatic N) is 2. The number of nitrogens with one attached hydrogen (secondary N) is 2. The second-order valence-corrected chi connectivity index (χ2v) is 7.35. The van der Waals surface area contributed by atoms with E-state index in [0.29, 0.717) is 24.6 Å². The minimum Gasteiger partial charge on any atom is -0.322 e. The van der Waals surface area contributed by atoms with Crippen LogP contribution in [0.4, 0.5) is 0 Å². The number of hydrogen-bond acceptors (Lipinski definition) is 5. The number of benzene rings is 1. The van der Waals surface area contributed by atoms with Crippen LogP contribution in [-0.4, -0.2) is 59.7 Å². The van der Waals surface area contributed by atoms with Crippen molar-refractivity contribution in [3.8, 4) is 0 Å². The molecule has 2 N–H and O–H groups in total. The lowest BCUT2D eigenvalue weighted by atomic mass is 10.0. The highest BCUT2D eigenvalue weighted by Gasteiger charge is 2.39. The number of amides is 3. The van der Waals surface area contributed by atoms with Crippen molar-refractivity contribution in [2.45, 2.75) is 44.4 Å². The Balaban J connectivity index is 1.53. The second kappa shape index (κ2) is 6.81. The van der Waals surface area contributed by atoms with Crippen molar-refractivity contribution in [3.63, 3.8) is 0 Å². The Labute approximate surface area is 152 Å². The number of carbonyl (C=O) groups is 3. The van der Waals surface area contributed by atoms with Crippen LogP contribution >= 0.6 is 0 Å². The number of carbonyl (C=O) groups excluding carboxylic acids is 3. The van der Waals surface area contributed by atoms with Crippen molar-refractivity contribution >= 4 is 17.7 Å². The maximum absolute atomic E-state index is 12.8. The Bertz CT molecular complexity index is 763. The van der Waals surface area contributed by atoms with E-state index in [0.717, 1.165) is 37.2 Å². The Morgan fingerprint density at radius 3 is 2.81 bits per heavy atom. The summed E-state index contributed by atoms with van der Waals surface area (Å²) in [5.74, 6) is -0.726. The van der Waals surface area contributed by atoms with Crippen LogP contribution < -0.4 is 10.6 Å². The van der Waals surface area contributed by atoms with E-state index in [1.807, 2.05) is 19.2 Å². The Kier molecular flexibility index (Phi) is 4.50. The second-order valence-electron chi connectivity index (χ2n) is 7.35. The number of hydrogen-bond donors (Lipinski definition) is 2. The molecule has 1 aromatic rings. The first-order chi connectivity index (χ1) is 12.6. The van der Waals surface area contributed by atoms with Gasteiger partial charge in [0.1, 0.15) is 6.04 Å². The van der Waals surface area contributed by atoms with Gasteiger partial charge in [-0.1, -0.05) is 12.1 Å². The molecule has 7 nitrogen and oxygen atoms in total. The molecule has 0 aromatic heterocycles. The maximum atomic E-state index is 12.8.